The maximum atomic E-state index is 12.9. The van der Waals surface area contributed by atoms with E-state index in [0.717, 1.165) is 22.2 Å². The first kappa shape index (κ1) is 25.8. The van der Waals surface area contributed by atoms with Gasteiger partial charge in [-0.3, -0.25) is 14.4 Å². The van der Waals surface area contributed by atoms with Crippen molar-refractivity contribution in [2.75, 3.05) is 23.4 Å². The highest BCUT2D eigenvalue weighted by Crippen LogP contribution is 2.38. The van der Waals surface area contributed by atoms with Crippen molar-refractivity contribution in [1.29, 1.82) is 0 Å². The number of imide groups is 1. The first-order chi connectivity index (χ1) is 17.4. The zero-order valence-corrected chi connectivity index (χ0v) is 22.6. The van der Waals surface area contributed by atoms with Crippen LogP contribution in [0.15, 0.2) is 71.6 Å². The van der Waals surface area contributed by atoms with Gasteiger partial charge < -0.3 is 14.8 Å². The van der Waals surface area contributed by atoms with E-state index in [9.17, 15) is 14.4 Å². The van der Waals surface area contributed by atoms with Crippen LogP contribution in [-0.4, -0.2) is 30.3 Å². The van der Waals surface area contributed by atoms with Crippen LogP contribution in [0.25, 0.3) is 6.08 Å². The zero-order valence-electron chi connectivity index (χ0n) is 19.6. The minimum Gasteiger partial charge on any atom is -0.490 e. The highest BCUT2D eigenvalue weighted by molar-refractivity contribution is 14.1. The number of carbonyl (C=O) groups is 3. The minimum absolute atomic E-state index is 0.195. The highest BCUT2D eigenvalue weighted by Gasteiger charge is 2.36. The third kappa shape index (κ3) is 6.08. The van der Waals surface area contributed by atoms with Gasteiger partial charge in [-0.1, -0.05) is 35.9 Å². The Bertz CT molecular complexity index is 1330. The molecule has 0 aliphatic carbocycles. The molecule has 0 radical (unpaired) electrons. The number of rotatable bonds is 8. The Labute approximate surface area is 227 Å². The van der Waals surface area contributed by atoms with E-state index in [1.165, 1.54) is 0 Å². The van der Waals surface area contributed by atoms with Crippen LogP contribution < -0.4 is 19.7 Å². The third-order valence-corrected chi connectivity index (χ3v) is 6.79. The molecule has 3 aromatic carbocycles. The minimum atomic E-state index is -0.378. The Morgan fingerprint density at radius 2 is 1.78 bits per heavy atom. The van der Waals surface area contributed by atoms with Gasteiger partial charge >= 0.3 is 0 Å². The summed E-state index contributed by atoms with van der Waals surface area (Å²) >= 11 is 2.99. The molecule has 1 saturated heterocycles. The van der Waals surface area contributed by atoms with Gasteiger partial charge in [-0.15, -0.1) is 0 Å². The van der Waals surface area contributed by atoms with Crippen LogP contribution in [-0.2, 0) is 9.59 Å². The van der Waals surface area contributed by atoms with Gasteiger partial charge in [-0.25, -0.2) is 4.90 Å². The number of amides is 3. The van der Waals surface area contributed by atoms with Gasteiger partial charge in [0.2, 0.25) is 0 Å². The molecule has 184 valence electrons. The third-order valence-electron chi connectivity index (χ3n) is 5.12. The largest absolute Gasteiger partial charge is 0.490 e. The van der Waals surface area contributed by atoms with Gasteiger partial charge in [0, 0.05) is 5.69 Å². The maximum Gasteiger partial charge on any atom is 0.298 e. The number of benzene rings is 3. The zero-order chi connectivity index (χ0) is 25.7. The Morgan fingerprint density at radius 1 is 1.06 bits per heavy atom. The lowest BCUT2D eigenvalue weighted by Gasteiger charge is -2.15. The average Bonchev–Trinajstić information content (AvgIpc) is 3.13. The fraction of sp³-hybridized carbons (Fsp3) is 0.148. The average molecular weight is 614 g/mol. The molecule has 0 aromatic heterocycles. The first-order valence-electron chi connectivity index (χ1n) is 11.1. The Morgan fingerprint density at radius 3 is 2.47 bits per heavy atom. The van der Waals surface area contributed by atoms with Gasteiger partial charge in [0.05, 0.1) is 20.8 Å². The lowest BCUT2D eigenvalue weighted by Crippen LogP contribution is -2.27. The van der Waals surface area contributed by atoms with Crippen LogP contribution in [0.4, 0.5) is 16.2 Å². The number of halogens is 1. The summed E-state index contributed by atoms with van der Waals surface area (Å²) in [4.78, 5) is 39.3. The topological polar surface area (TPSA) is 84.9 Å². The van der Waals surface area contributed by atoms with Crippen molar-refractivity contribution in [3.63, 3.8) is 0 Å². The van der Waals surface area contributed by atoms with Crippen LogP contribution in [0.5, 0.6) is 11.5 Å². The molecule has 0 unspecified atom stereocenters. The molecular weight excluding hydrogens is 591 g/mol. The predicted molar refractivity (Wildman–Crippen MR) is 151 cm³/mol. The van der Waals surface area contributed by atoms with Crippen LogP contribution in [0.3, 0.4) is 0 Å². The molecule has 9 heteroatoms. The molecule has 36 heavy (non-hydrogen) atoms. The molecule has 0 atom stereocenters. The Kier molecular flexibility index (Phi) is 8.32. The van der Waals surface area contributed by atoms with Crippen LogP contribution in [0.2, 0.25) is 0 Å². The summed E-state index contributed by atoms with van der Waals surface area (Å²) in [5.41, 5.74) is 3.00. The second kappa shape index (κ2) is 11.6. The molecule has 3 aromatic rings. The highest BCUT2D eigenvalue weighted by atomic mass is 127. The lowest BCUT2D eigenvalue weighted by atomic mass is 10.1. The van der Waals surface area contributed by atoms with E-state index < -0.39 is 0 Å². The summed E-state index contributed by atoms with van der Waals surface area (Å²) in [6.07, 6.45) is 1.66. The molecule has 0 saturated carbocycles. The number of ether oxygens (including phenoxy) is 2. The fourth-order valence-corrected chi connectivity index (χ4v) is 5.09. The molecule has 1 heterocycles. The second-order valence-corrected chi connectivity index (χ2v) is 9.97. The Balaban J connectivity index is 1.51. The molecule has 0 bridgehead atoms. The number of hydrogen-bond acceptors (Lipinski definition) is 6. The smallest absolute Gasteiger partial charge is 0.298 e. The number of hydrogen-bond donors (Lipinski definition) is 1. The van der Waals surface area contributed by atoms with Crippen molar-refractivity contribution in [3.05, 3.63) is 86.3 Å². The SMILES string of the molecule is CCOc1cc(/C=C2/SC(=O)N(c3ccccc3)C2=O)cc(I)c1OCC(=O)Nc1ccc(C)cc1. The maximum absolute atomic E-state index is 12.9. The van der Waals surface area contributed by atoms with E-state index in [-0.39, 0.29) is 23.7 Å². The monoisotopic (exact) mass is 614 g/mol. The summed E-state index contributed by atoms with van der Waals surface area (Å²) in [6, 6.07) is 19.9. The molecule has 3 amide bonds. The molecule has 1 aliphatic heterocycles. The lowest BCUT2D eigenvalue weighted by molar-refractivity contribution is -0.118. The molecule has 1 aliphatic rings. The van der Waals surface area contributed by atoms with Crippen molar-refractivity contribution in [3.8, 4) is 11.5 Å². The van der Waals surface area contributed by atoms with Gasteiger partial charge in [-0.2, -0.15) is 0 Å². The van der Waals surface area contributed by atoms with E-state index >= 15 is 0 Å². The summed E-state index contributed by atoms with van der Waals surface area (Å²) in [6.45, 7) is 4.01. The molecule has 7 nitrogen and oxygen atoms in total. The van der Waals surface area contributed by atoms with E-state index in [4.69, 9.17) is 9.47 Å². The molecule has 1 N–H and O–H groups in total. The quantitative estimate of drug-likeness (QED) is 0.238. The summed E-state index contributed by atoms with van der Waals surface area (Å²) in [7, 11) is 0. The van der Waals surface area contributed by atoms with Crippen molar-refractivity contribution in [2.45, 2.75) is 13.8 Å². The number of thioether (sulfide) groups is 1. The second-order valence-electron chi connectivity index (χ2n) is 7.82. The standard InChI is InChI=1S/C27H23IN2O5S/c1-3-34-22-14-18(15-23-26(32)30(27(33)36-23)20-7-5-4-6-8-20)13-21(28)25(22)35-16-24(31)29-19-11-9-17(2)10-12-19/h4-15H,3,16H2,1-2H3,(H,29,31)/b23-15+. The fourth-order valence-electron chi connectivity index (χ4n) is 3.46. The van der Waals surface area contributed by atoms with Crippen LogP contribution >= 0.6 is 34.4 Å². The van der Waals surface area contributed by atoms with Gasteiger partial charge in [0.1, 0.15) is 0 Å². The molecule has 0 spiro atoms. The van der Waals surface area contributed by atoms with Crippen molar-refractivity contribution in [2.24, 2.45) is 0 Å². The van der Waals surface area contributed by atoms with Gasteiger partial charge in [0.15, 0.2) is 18.1 Å². The summed E-state index contributed by atoms with van der Waals surface area (Å²) in [5.74, 6) is 0.208. The number of aryl methyl sites for hydroxylation is 1. The molecule has 4 rings (SSSR count). The predicted octanol–water partition coefficient (Wildman–Crippen LogP) is 6.26. The van der Waals surface area contributed by atoms with Crippen molar-refractivity contribution >= 4 is 68.9 Å². The molecular formula is C27H23IN2O5S. The normalized spacial score (nSPS) is 14.3. The van der Waals surface area contributed by atoms with Crippen LogP contribution in [0.1, 0.15) is 18.1 Å². The number of carbonyl (C=O) groups excluding carboxylic acids is 3. The molecule has 1 fully saturated rings. The van der Waals surface area contributed by atoms with E-state index in [1.807, 2.05) is 50.2 Å². The number of nitrogens with one attached hydrogen (secondary N) is 1. The van der Waals surface area contributed by atoms with Crippen LogP contribution in [0, 0.1) is 10.5 Å². The van der Waals surface area contributed by atoms with E-state index in [2.05, 4.69) is 27.9 Å². The van der Waals surface area contributed by atoms with E-state index in [0.29, 0.717) is 43.5 Å². The van der Waals surface area contributed by atoms with Gasteiger partial charge in [-0.05, 0) is 96.2 Å². The van der Waals surface area contributed by atoms with Crippen molar-refractivity contribution in [1.82, 2.24) is 0 Å². The summed E-state index contributed by atoms with van der Waals surface area (Å²) in [5, 5.41) is 2.45. The number of para-hydroxylation sites is 1. The van der Waals surface area contributed by atoms with Crippen molar-refractivity contribution < 1.29 is 23.9 Å². The van der Waals surface area contributed by atoms with E-state index in [1.54, 1.807) is 36.4 Å². The number of anilines is 2. The number of nitrogens with zero attached hydrogens (tertiary/aromatic N) is 1. The first-order valence-corrected chi connectivity index (χ1v) is 13.0. The van der Waals surface area contributed by atoms with Gasteiger partial charge in [0.25, 0.3) is 17.1 Å². The summed E-state index contributed by atoms with van der Waals surface area (Å²) < 4.78 is 12.3. The Hall–Kier alpha value is -3.31.